The van der Waals surface area contributed by atoms with Crippen LogP contribution in [0, 0.1) is 13.8 Å². The van der Waals surface area contributed by atoms with E-state index in [-0.39, 0.29) is 23.9 Å². The quantitative estimate of drug-likeness (QED) is 0.785. The molecule has 2 aromatic carbocycles. The molecule has 27 heavy (non-hydrogen) atoms. The van der Waals surface area contributed by atoms with Gasteiger partial charge in [-0.1, -0.05) is 38.1 Å². The second-order valence-electron chi connectivity index (χ2n) is 7.08. The van der Waals surface area contributed by atoms with Crippen LogP contribution in [0.25, 0.3) is 0 Å². The van der Waals surface area contributed by atoms with E-state index in [0.29, 0.717) is 5.92 Å². The molecule has 1 N–H and O–H groups in total. The smallest absolute Gasteiger partial charge is 0.240 e. The molecule has 0 bridgehead atoms. The highest BCUT2D eigenvalue weighted by molar-refractivity contribution is 7.89. The summed E-state index contributed by atoms with van der Waals surface area (Å²) in [7, 11) is -3.61. The highest BCUT2D eigenvalue weighted by Gasteiger charge is 2.17. The summed E-state index contributed by atoms with van der Waals surface area (Å²) in [6.45, 7) is 9.91. The van der Waals surface area contributed by atoms with Gasteiger partial charge in [0.1, 0.15) is 0 Å². The molecule has 0 saturated carbocycles. The molecule has 0 radical (unpaired) electrons. The fourth-order valence-electron chi connectivity index (χ4n) is 2.86. The van der Waals surface area contributed by atoms with Gasteiger partial charge in [-0.3, -0.25) is 4.79 Å². The van der Waals surface area contributed by atoms with Gasteiger partial charge in [0.15, 0.2) is 0 Å². The third-order valence-corrected chi connectivity index (χ3v) is 6.00. The van der Waals surface area contributed by atoms with Gasteiger partial charge in [-0.05, 0) is 54.7 Å². The second kappa shape index (κ2) is 8.67. The molecular formula is C21H28N2O3S. The average Bonchev–Trinajstić information content (AvgIpc) is 2.61. The first kappa shape index (κ1) is 21.1. The van der Waals surface area contributed by atoms with Gasteiger partial charge in [0.25, 0.3) is 0 Å². The van der Waals surface area contributed by atoms with E-state index in [2.05, 4.69) is 18.6 Å². The Morgan fingerprint density at radius 2 is 1.70 bits per heavy atom. The van der Waals surface area contributed by atoms with Gasteiger partial charge in [0.05, 0.1) is 4.90 Å². The van der Waals surface area contributed by atoms with Gasteiger partial charge in [-0.2, -0.15) is 0 Å². The van der Waals surface area contributed by atoms with Gasteiger partial charge in [-0.15, -0.1) is 0 Å². The maximum atomic E-state index is 12.5. The molecule has 2 aromatic rings. The SMILES string of the molecule is CC(=O)N(CCNS(=O)(=O)c1ccc(C(C)C)cc1)c1cc(C)ccc1C. The summed E-state index contributed by atoms with van der Waals surface area (Å²) in [5.74, 6) is 0.223. The third-order valence-electron chi connectivity index (χ3n) is 4.52. The van der Waals surface area contributed by atoms with Crippen LogP contribution in [0.2, 0.25) is 0 Å². The Balaban J connectivity index is 2.09. The van der Waals surface area contributed by atoms with E-state index in [4.69, 9.17) is 0 Å². The van der Waals surface area contributed by atoms with Crippen LogP contribution in [0.4, 0.5) is 5.69 Å². The number of nitrogens with one attached hydrogen (secondary N) is 1. The van der Waals surface area contributed by atoms with Crippen molar-refractivity contribution in [1.82, 2.24) is 4.72 Å². The Bertz CT molecular complexity index is 904. The fourth-order valence-corrected chi connectivity index (χ4v) is 3.89. The molecule has 2 rings (SSSR count). The predicted octanol–water partition coefficient (Wildman–Crippen LogP) is 3.76. The zero-order valence-corrected chi connectivity index (χ0v) is 17.4. The van der Waals surface area contributed by atoms with Crippen LogP contribution in [0.3, 0.4) is 0 Å². The molecule has 0 spiro atoms. The van der Waals surface area contributed by atoms with Crippen molar-refractivity contribution in [3.05, 3.63) is 59.2 Å². The summed E-state index contributed by atoms with van der Waals surface area (Å²) in [5.41, 5.74) is 3.92. The van der Waals surface area contributed by atoms with Gasteiger partial charge >= 0.3 is 0 Å². The molecule has 146 valence electrons. The van der Waals surface area contributed by atoms with E-state index in [1.807, 2.05) is 44.2 Å². The van der Waals surface area contributed by atoms with Crippen molar-refractivity contribution >= 4 is 21.6 Å². The van der Waals surface area contributed by atoms with Gasteiger partial charge in [0, 0.05) is 25.7 Å². The molecule has 0 atom stereocenters. The zero-order chi connectivity index (χ0) is 20.2. The summed E-state index contributed by atoms with van der Waals surface area (Å²) in [4.78, 5) is 13.9. The van der Waals surface area contributed by atoms with Crippen LogP contribution in [0.5, 0.6) is 0 Å². The number of sulfonamides is 1. The van der Waals surface area contributed by atoms with E-state index >= 15 is 0 Å². The number of carbonyl (C=O) groups is 1. The first-order valence-electron chi connectivity index (χ1n) is 9.07. The number of amides is 1. The Hall–Kier alpha value is -2.18. The third kappa shape index (κ3) is 5.40. The molecule has 0 aliphatic heterocycles. The monoisotopic (exact) mass is 388 g/mol. The topological polar surface area (TPSA) is 66.5 Å². The minimum Gasteiger partial charge on any atom is -0.311 e. The number of aryl methyl sites for hydroxylation is 2. The molecular weight excluding hydrogens is 360 g/mol. The summed E-state index contributed by atoms with van der Waals surface area (Å²) < 4.78 is 27.6. The minimum absolute atomic E-state index is 0.121. The van der Waals surface area contributed by atoms with Crippen LogP contribution in [0.1, 0.15) is 43.4 Å². The van der Waals surface area contributed by atoms with Crippen molar-refractivity contribution in [2.45, 2.75) is 45.4 Å². The van der Waals surface area contributed by atoms with Crippen molar-refractivity contribution < 1.29 is 13.2 Å². The predicted molar refractivity (Wildman–Crippen MR) is 110 cm³/mol. The lowest BCUT2D eigenvalue weighted by atomic mass is 10.0. The van der Waals surface area contributed by atoms with Gasteiger partial charge in [-0.25, -0.2) is 13.1 Å². The van der Waals surface area contributed by atoms with E-state index in [1.54, 1.807) is 17.0 Å². The standard InChI is InChI=1S/C21H28N2O3S/c1-15(2)19-8-10-20(11-9-19)27(25,26)22-12-13-23(18(5)24)21-14-16(3)6-7-17(21)4/h6-11,14-15,22H,12-13H2,1-5H3. The first-order valence-corrected chi connectivity index (χ1v) is 10.5. The maximum absolute atomic E-state index is 12.5. The lowest BCUT2D eigenvalue weighted by Gasteiger charge is -2.23. The van der Waals surface area contributed by atoms with Gasteiger partial charge in [0.2, 0.25) is 15.9 Å². The molecule has 0 unspecified atom stereocenters. The Labute approximate surface area is 162 Å². The first-order chi connectivity index (χ1) is 12.6. The molecule has 5 nitrogen and oxygen atoms in total. The van der Waals surface area contributed by atoms with Crippen LogP contribution < -0.4 is 9.62 Å². The van der Waals surface area contributed by atoms with Crippen molar-refractivity contribution in [1.29, 1.82) is 0 Å². The number of anilines is 1. The fraction of sp³-hybridized carbons (Fsp3) is 0.381. The number of nitrogens with zero attached hydrogens (tertiary/aromatic N) is 1. The van der Waals surface area contributed by atoms with Crippen molar-refractivity contribution in [3.8, 4) is 0 Å². The Kier molecular flexibility index (Phi) is 6.78. The highest BCUT2D eigenvalue weighted by atomic mass is 32.2. The van der Waals surface area contributed by atoms with Crippen molar-refractivity contribution in [2.24, 2.45) is 0 Å². The van der Waals surface area contributed by atoms with Crippen molar-refractivity contribution in [3.63, 3.8) is 0 Å². The largest absolute Gasteiger partial charge is 0.311 e. The molecule has 1 amide bonds. The molecule has 6 heteroatoms. The number of rotatable bonds is 7. The Morgan fingerprint density at radius 1 is 1.07 bits per heavy atom. The van der Waals surface area contributed by atoms with Crippen LogP contribution >= 0.6 is 0 Å². The normalized spacial score (nSPS) is 11.6. The maximum Gasteiger partial charge on any atom is 0.240 e. The minimum atomic E-state index is -3.61. The van der Waals surface area contributed by atoms with Crippen LogP contribution in [-0.2, 0) is 14.8 Å². The summed E-state index contributed by atoms with van der Waals surface area (Å²) in [6, 6.07) is 12.8. The van der Waals surface area contributed by atoms with Crippen LogP contribution in [0.15, 0.2) is 47.4 Å². The molecule has 0 aliphatic rings. The van der Waals surface area contributed by atoms with Crippen molar-refractivity contribution in [2.75, 3.05) is 18.0 Å². The molecule has 0 aromatic heterocycles. The molecule has 0 aliphatic carbocycles. The van der Waals surface area contributed by atoms with E-state index < -0.39 is 10.0 Å². The lowest BCUT2D eigenvalue weighted by Crippen LogP contribution is -2.38. The molecule has 0 fully saturated rings. The number of benzene rings is 2. The number of hydrogen-bond donors (Lipinski definition) is 1. The van der Waals surface area contributed by atoms with E-state index in [1.165, 1.54) is 6.92 Å². The summed E-state index contributed by atoms with van der Waals surface area (Å²) >= 11 is 0. The summed E-state index contributed by atoms with van der Waals surface area (Å²) in [6.07, 6.45) is 0. The molecule has 0 saturated heterocycles. The average molecular weight is 389 g/mol. The Morgan fingerprint density at radius 3 is 2.26 bits per heavy atom. The lowest BCUT2D eigenvalue weighted by molar-refractivity contribution is -0.116. The number of hydrogen-bond acceptors (Lipinski definition) is 3. The van der Waals surface area contributed by atoms with E-state index in [9.17, 15) is 13.2 Å². The van der Waals surface area contributed by atoms with Gasteiger partial charge < -0.3 is 4.90 Å². The van der Waals surface area contributed by atoms with Crippen LogP contribution in [-0.4, -0.2) is 27.4 Å². The molecule has 0 heterocycles. The summed E-state index contributed by atoms with van der Waals surface area (Å²) in [5, 5.41) is 0. The highest BCUT2D eigenvalue weighted by Crippen LogP contribution is 2.22. The zero-order valence-electron chi connectivity index (χ0n) is 16.6. The van der Waals surface area contributed by atoms with E-state index in [0.717, 1.165) is 22.4 Å². The number of carbonyl (C=O) groups excluding carboxylic acids is 1. The second-order valence-corrected chi connectivity index (χ2v) is 8.85.